The Labute approximate surface area is 101 Å². The molecule has 0 atom stereocenters. The van der Waals surface area contributed by atoms with E-state index in [0.29, 0.717) is 12.3 Å². The van der Waals surface area contributed by atoms with E-state index < -0.39 is 6.09 Å². The van der Waals surface area contributed by atoms with Gasteiger partial charge < -0.3 is 4.74 Å². The van der Waals surface area contributed by atoms with Gasteiger partial charge in [0.25, 0.3) is 0 Å². The Kier molecular flexibility index (Phi) is 5.51. The van der Waals surface area contributed by atoms with E-state index in [0.717, 1.165) is 5.56 Å². The highest BCUT2D eigenvalue weighted by Crippen LogP contribution is 2.00. The summed E-state index contributed by atoms with van der Waals surface area (Å²) in [6.45, 7) is 3.87. The van der Waals surface area contributed by atoms with Crippen molar-refractivity contribution in [3.05, 3.63) is 42.0 Å². The Morgan fingerprint density at radius 1 is 1.41 bits per heavy atom. The van der Waals surface area contributed by atoms with E-state index >= 15 is 0 Å². The van der Waals surface area contributed by atoms with Gasteiger partial charge in [-0.05, 0) is 25.5 Å². The third-order valence-corrected chi connectivity index (χ3v) is 1.92. The minimum Gasteiger partial charge on any atom is -0.449 e. The summed E-state index contributed by atoms with van der Waals surface area (Å²) in [6, 6.07) is 9.86. The van der Waals surface area contributed by atoms with Crippen molar-refractivity contribution in [1.82, 2.24) is 5.43 Å². The van der Waals surface area contributed by atoms with E-state index in [1.807, 2.05) is 42.5 Å². The van der Waals surface area contributed by atoms with Crippen molar-refractivity contribution in [3.63, 3.8) is 0 Å². The maximum atomic E-state index is 11.0. The molecule has 0 aliphatic heterocycles. The zero-order valence-corrected chi connectivity index (χ0v) is 10.0. The van der Waals surface area contributed by atoms with Crippen LogP contribution in [0.5, 0.6) is 0 Å². The zero-order valence-electron chi connectivity index (χ0n) is 10.0. The number of nitrogens with one attached hydrogen (secondary N) is 1. The second-order valence-electron chi connectivity index (χ2n) is 3.33. The summed E-state index contributed by atoms with van der Waals surface area (Å²) in [4.78, 5) is 11.0. The van der Waals surface area contributed by atoms with Crippen molar-refractivity contribution in [2.24, 2.45) is 5.10 Å². The number of hydrogen-bond acceptors (Lipinski definition) is 3. The molecule has 1 aromatic rings. The molecule has 0 heterocycles. The SMILES string of the molecule is CCOC(=O)NN=C(C)/C=C\c1ccccc1. The molecule has 1 rings (SSSR count). The lowest BCUT2D eigenvalue weighted by Gasteiger charge is -1.99. The lowest BCUT2D eigenvalue weighted by molar-refractivity contribution is 0.152. The number of carbonyl (C=O) groups excluding carboxylic acids is 1. The number of nitrogens with zero attached hydrogens (tertiary/aromatic N) is 1. The molecule has 0 saturated heterocycles. The van der Waals surface area contributed by atoms with Crippen molar-refractivity contribution in [1.29, 1.82) is 0 Å². The zero-order chi connectivity index (χ0) is 12.5. The topological polar surface area (TPSA) is 50.7 Å². The fraction of sp³-hybridized carbons (Fsp3) is 0.231. The molecule has 1 aromatic carbocycles. The Bertz CT molecular complexity index is 411. The number of hydrazone groups is 1. The molecule has 4 nitrogen and oxygen atoms in total. The molecular weight excluding hydrogens is 216 g/mol. The number of amides is 1. The highest BCUT2D eigenvalue weighted by molar-refractivity contribution is 5.96. The largest absolute Gasteiger partial charge is 0.449 e. The van der Waals surface area contributed by atoms with Crippen LogP contribution in [0.1, 0.15) is 19.4 Å². The summed E-state index contributed by atoms with van der Waals surface area (Å²) < 4.78 is 4.67. The number of allylic oxidation sites excluding steroid dienone is 1. The van der Waals surface area contributed by atoms with Gasteiger partial charge in [-0.15, -0.1) is 0 Å². The van der Waals surface area contributed by atoms with Gasteiger partial charge in [-0.3, -0.25) is 0 Å². The van der Waals surface area contributed by atoms with Crippen LogP contribution >= 0.6 is 0 Å². The van der Waals surface area contributed by atoms with E-state index in [4.69, 9.17) is 0 Å². The first kappa shape index (κ1) is 13.0. The van der Waals surface area contributed by atoms with Gasteiger partial charge in [-0.1, -0.05) is 36.4 Å². The lowest BCUT2D eigenvalue weighted by atomic mass is 10.2. The molecule has 0 unspecified atom stereocenters. The summed E-state index contributed by atoms with van der Waals surface area (Å²) >= 11 is 0. The summed E-state index contributed by atoms with van der Waals surface area (Å²) in [6.07, 6.45) is 3.20. The molecule has 0 radical (unpaired) electrons. The molecule has 0 aliphatic rings. The summed E-state index contributed by atoms with van der Waals surface area (Å²) in [5.74, 6) is 0. The standard InChI is InChI=1S/C13H16N2O2/c1-3-17-13(16)15-14-11(2)9-10-12-7-5-4-6-8-12/h4-10H,3H2,1-2H3,(H,15,16)/b10-9-,14-11?. The molecule has 4 heteroatoms. The van der Waals surface area contributed by atoms with Gasteiger partial charge in [-0.25, -0.2) is 10.2 Å². The van der Waals surface area contributed by atoms with Crippen molar-refractivity contribution in [3.8, 4) is 0 Å². The predicted octanol–water partition coefficient (Wildman–Crippen LogP) is 2.82. The average molecular weight is 232 g/mol. The summed E-state index contributed by atoms with van der Waals surface area (Å²) in [7, 11) is 0. The normalized spacial score (nSPS) is 11.5. The first-order chi connectivity index (χ1) is 8.22. The highest BCUT2D eigenvalue weighted by Gasteiger charge is 1.95. The quantitative estimate of drug-likeness (QED) is 0.641. The van der Waals surface area contributed by atoms with Gasteiger partial charge >= 0.3 is 6.09 Å². The number of benzene rings is 1. The summed E-state index contributed by atoms with van der Waals surface area (Å²) in [5.41, 5.74) is 4.07. The van der Waals surface area contributed by atoms with Crippen LogP contribution in [0.3, 0.4) is 0 Å². The molecule has 0 spiro atoms. The van der Waals surface area contributed by atoms with Gasteiger partial charge in [0.2, 0.25) is 0 Å². The first-order valence-corrected chi connectivity index (χ1v) is 5.42. The monoisotopic (exact) mass is 232 g/mol. The number of rotatable bonds is 4. The number of ether oxygens (including phenoxy) is 1. The molecule has 0 saturated carbocycles. The first-order valence-electron chi connectivity index (χ1n) is 5.42. The minimum atomic E-state index is -0.542. The maximum Gasteiger partial charge on any atom is 0.427 e. The van der Waals surface area contributed by atoms with Crippen LogP contribution in [0.15, 0.2) is 41.5 Å². The molecule has 1 amide bonds. The Morgan fingerprint density at radius 2 is 2.12 bits per heavy atom. The van der Waals surface area contributed by atoms with E-state index in [9.17, 15) is 4.79 Å². The van der Waals surface area contributed by atoms with E-state index in [1.165, 1.54) is 0 Å². The van der Waals surface area contributed by atoms with Crippen molar-refractivity contribution in [2.75, 3.05) is 6.61 Å². The van der Waals surface area contributed by atoms with E-state index in [-0.39, 0.29) is 0 Å². The van der Waals surface area contributed by atoms with Crippen LogP contribution in [0, 0.1) is 0 Å². The average Bonchev–Trinajstić information content (AvgIpc) is 2.35. The molecular formula is C13H16N2O2. The van der Waals surface area contributed by atoms with Crippen molar-refractivity contribution >= 4 is 17.9 Å². The molecule has 1 N–H and O–H groups in total. The Hall–Kier alpha value is -2.10. The molecule has 0 aliphatic carbocycles. The third-order valence-electron chi connectivity index (χ3n) is 1.92. The van der Waals surface area contributed by atoms with Gasteiger partial charge in [0.05, 0.1) is 12.3 Å². The fourth-order valence-electron chi connectivity index (χ4n) is 1.12. The molecule has 0 fully saturated rings. The Balaban J connectivity index is 2.48. The van der Waals surface area contributed by atoms with Gasteiger partial charge in [0, 0.05) is 0 Å². The van der Waals surface area contributed by atoms with Crippen LogP contribution in [0.2, 0.25) is 0 Å². The smallest absolute Gasteiger partial charge is 0.427 e. The van der Waals surface area contributed by atoms with E-state index in [1.54, 1.807) is 13.8 Å². The number of carbonyl (C=O) groups is 1. The second kappa shape index (κ2) is 7.22. The highest BCUT2D eigenvalue weighted by atomic mass is 16.5. The van der Waals surface area contributed by atoms with Crippen LogP contribution in [0.4, 0.5) is 4.79 Å². The fourth-order valence-corrected chi connectivity index (χ4v) is 1.12. The molecule has 0 bridgehead atoms. The van der Waals surface area contributed by atoms with Gasteiger partial charge in [-0.2, -0.15) is 5.10 Å². The molecule has 90 valence electrons. The van der Waals surface area contributed by atoms with Crippen LogP contribution < -0.4 is 5.43 Å². The molecule has 0 aromatic heterocycles. The van der Waals surface area contributed by atoms with Crippen LogP contribution in [-0.4, -0.2) is 18.4 Å². The van der Waals surface area contributed by atoms with Crippen molar-refractivity contribution in [2.45, 2.75) is 13.8 Å². The van der Waals surface area contributed by atoms with Crippen LogP contribution in [0.25, 0.3) is 6.08 Å². The maximum absolute atomic E-state index is 11.0. The minimum absolute atomic E-state index is 0.334. The lowest BCUT2D eigenvalue weighted by Crippen LogP contribution is -2.19. The summed E-state index contributed by atoms with van der Waals surface area (Å²) in [5, 5.41) is 3.86. The van der Waals surface area contributed by atoms with Gasteiger partial charge in [0.15, 0.2) is 0 Å². The second-order valence-corrected chi connectivity index (χ2v) is 3.33. The van der Waals surface area contributed by atoms with Crippen LogP contribution in [-0.2, 0) is 4.74 Å². The van der Waals surface area contributed by atoms with Gasteiger partial charge in [0.1, 0.15) is 0 Å². The predicted molar refractivity (Wildman–Crippen MR) is 68.7 cm³/mol. The third kappa shape index (κ3) is 5.51. The van der Waals surface area contributed by atoms with Crippen molar-refractivity contribution < 1.29 is 9.53 Å². The number of hydrogen-bond donors (Lipinski definition) is 1. The molecule has 17 heavy (non-hydrogen) atoms. The van der Waals surface area contributed by atoms with E-state index in [2.05, 4.69) is 15.3 Å². The Morgan fingerprint density at radius 3 is 2.76 bits per heavy atom.